The molecule has 7 heteroatoms. The Balaban J connectivity index is 1.73. The lowest BCUT2D eigenvalue weighted by atomic mass is 10.1. The number of carbonyl (C=O) groups excluding carboxylic acids is 2. The highest BCUT2D eigenvalue weighted by Gasteiger charge is 2.33. The van der Waals surface area contributed by atoms with Gasteiger partial charge in [0.2, 0.25) is 11.8 Å². The Morgan fingerprint density at radius 2 is 1.96 bits per heavy atom. The monoisotopic (exact) mass is 361 g/mol. The van der Waals surface area contributed by atoms with Gasteiger partial charge in [0.25, 0.3) is 0 Å². The summed E-state index contributed by atoms with van der Waals surface area (Å²) < 4.78 is 10.7. The minimum atomic E-state index is -0.441. The lowest BCUT2D eigenvalue weighted by Gasteiger charge is -2.35. The van der Waals surface area contributed by atoms with Gasteiger partial charge < -0.3 is 19.7 Å². The van der Waals surface area contributed by atoms with Crippen molar-refractivity contribution in [2.75, 3.05) is 40.4 Å². The van der Waals surface area contributed by atoms with Crippen molar-refractivity contribution in [3.8, 4) is 11.5 Å². The van der Waals surface area contributed by atoms with Gasteiger partial charge in [-0.3, -0.25) is 14.5 Å². The molecule has 2 aliphatic rings. The Kier molecular flexibility index (Phi) is 5.98. The number of rotatable bonds is 6. The van der Waals surface area contributed by atoms with Gasteiger partial charge in [-0.1, -0.05) is 6.07 Å². The number of piperazine rings is 1. The number of likely N-dealkylation sites (tertiary alicyclic amines) is 1. The van der Waals surface area contributed by atoms with Crippen molar-refractivity contribution in [2.45, 2.75) is 31.8 Å². The maximum Gasteiger partial charge on any atom is 0.237 e. The number of amides is 2. The Morgan fingerprint density at radius 1 is 1.19 bits per heavy atom. The van der Waals surface area contributed by atoms with Gasteiger partial charge in [0.1, 0.15) is 11.5 Å². The highest BCUT2D eigenvalue weighted by atomic mass is 16.5. The molecule has 2 aliphatic heterocycles. The summed E-state index contributed by atoms with van der Waals surface area (Å²) >= 11 is 0. The molecule has 2 saturated heterocycles. The molecule has 7 nitrogen and oxygen atoms in total. The van der Waals surface area contributed by atoms with Crippen LogP contribution in [0.3, 0.4) is 0 Å². The summed E-state index contributed by atoms with van der Waals surface area (Å²) in [7, 11) is 3.24. The van der Waals surface area contributed by atoms with Crippen molar-refractivity contribution in [3.63, 3.8) is 0 Å². The highest BCUT2D eigenvalue weighted by Crippen LogP contribution is 2.27. The molecule has 2 amide bonds. The van der Waals surface area contributed by atoms with Crippen molar-refractivity contribution in [1.29, 1.82) is 0 Å². The lowest BCUT2D eigenvalue weighted by molar-refractivity contribution is -0.138. The molecule has 0 spiro atoms. The molecular formula is C19H27N3O4. The van der Waals surface area contributed by atoms with Gasteiger partial charge in [0, 0.05) is 44.4 Å². The average molecular weight is 361 g/mol. The summed E-state index contributed by atoms with van der Waals surface area (Å²) in [5.41, 5.74) is 0.974. The fourth-order valence-electron chi connectivity index (χ4n) is 3.64. The highest BCUT2D eigenvalue weighted by molar-refractivity contribution is 5.89. The number of hydrogen-bond acceptors (Lipinski definition) is 5. The van der Waals surface area contributed by atoms with Gasteiger partial charge in [-0.25, -0.2) is 0 Å². The average Bonchev–Trinajstić information content (AvgIpc) is 3.19. The van der Waals surface area contributed by atoms with E-state index in [0.717, 1.165) is 43.0 Å². The number of methoxy groups -OCH3 is 2. The fourth-order valence-corrected chi connectivity index (χ4v) is 3.64. The summed E-state index contributed by atoms with van der Waals surface area (Å²) in [6, 6.07) is 5.23. The summed E-state index contributed by atoms with van der Waals surface area (Å²) in [6.45, 7) is 3.46. The summed E-state index contributed by atoms with van der Waals surface area (Å²) in [5, 5.41) is 2.89. The van der Waals surface area contributed by atoms with E-state index in [1.165, 1.54) is 0 Å². The summed E-state index contributed by atoms with van der Waals surface area (Å²) in [6.07, 6.45) is 2.33. The first kappa shape index (κ1) is 18.5. The van der Waals surface area contributed by atoms with E-state index in [0.29, 0.717) is 19.6 Å². The van der Waals surface area contributed by atoms with Crippen LogP contribution in [0, 0.1) is 0 Å². The number of hydrogen-bond donors (Lipinski definition) is 1. The van der Waals surface area contributed by atoms with Crippen LogP contribution in [0.1, 0.15) is 24.8 Å². The lowest BCUT2D eigenvalue weighted by Crippen LogP contribution is -2.56. The molecule has 1 aromatic rings. The Hall–Kier alpha value is -2.28. The maximum absolute atomic E-state index is 12.5. The molecule has 26 heavy (non-hydrogen) atoms. The van der Waals surface area contributed by atoms with Crippen molar-refractivity contribution in [1.82, 2.24) is 15.1 Å². The van der Waals surface area contributed by atoms with Crippen molar-refractivity contribution in [3.05, 3.63) is 23.8 Å². The van der Waals surface area contributed by atoms with E-state index in [9.17, 15) is 9.59 Å². The van der Waals surface area contributed by atoms with E-state index in [-0.39, 0.29) is 18.2 Å². The molecule has 0 unspecified atom stereocenters. The zero-order chi connectivity index (χ0) is 18.5. The minimum Gasteiger partial charge on any atom is -0.497 e. The van der Waals surface area contributed by atoms with Crippen LogP contribution in [-0.2, 0) is 16.1 Å². The quantitative estimate of drug-likeness (QED) is 0.819. The zero-order valence-electron chi connectivity index (χ0n) is 15.5. The third kappa shape index (κ3) is 4.09. The van der Waals surface area contributed by atoms with E-state index in [4.69, 9.17) is 9.47 Å². The van der Waals surface area contributed by atoms with E-state index < -0.39 is 6.04 Å². The van der Waals surface area contributed by atoms with Crippen LogP contribution in [0.25, 0.3) is 0 Å². The van der Waals surface area contributed by atoms with Crippen molar-refractivity contribution in [2.24, 2.45) is 0 Å². The predicted octanol–water partition coefficient (Wildman–Crippen LogP) is 1.02. The molecule has 0 radical (unpaired) electrons. The summed E-state index contributed by atoms with van der Waals surface area (Å²) in [5.74, 6) is 1.44. The molecule has 1 N–H and O–H groups in total. The molecule has 2 fully saturated rings. The molecule has 0 saturated carbocycles. The fraction of sp³-hybridized carbons (Fsp3) is 0.579. The number of nitrogens with zero attached hydrogens (tertiary/aromatic N) is 2. The first-order chi connectivity index (χ1) is 12.6. The van der Waals surface area contributed by atoms with E-state index >= 15 is 0 Å². The van der Waals surface area contributed by atoms with Gasteiger partial charge in [-0.15, -0.1) is 0 Å². The maximum atomic E-state index is 12.5. The van der Waals surface area contributed by atoms with E-state index in [1.807, 2.05) is 23.1 Å². The minimum absolute atomic E-state index is 0.0660. The second-order valence-corrected chi connectivity index (χ2v) is 6.75. The topological polar surface area (TPSA) is 71.1 Å². The Morgan fingerprint density at radius 3 is 2.65 bits per heavy atom. The van der Waals surface area contributed by atoms with Crippen LogP contribution < -0.4 is 14.8 Å². The van der Waals surface area contributed by atoms with E-state index in [2.05, 4.69) is 10.2 Å². The number of ether oxygens (including phenoxy) is 2. The first-order valence-electron chi connectivity index (χ1n) is 9.13. The molecular weight excluding hydrogens is 334 g/mol. The third-order valence-electron chi connectivity index (χ3n) is 5.14. The molecule has 0 aliphatic carbocycles. The number of benzene rings is 1. The van der Waals surface area contributed by atoms with Crippen molar-refractivity contribution < 1.29 is 19.1 Å². The van der Waals surface area contributed by atoms with Crippen molar-refractivity contribution >= 4 is 11.8 Å². The molecule has 142 valence electrons. The SMILES string of the molecule is COc1ccc(CN2CCNC(=O)[C@@H]2CC(=O)N2CCCC2)c(OC)c1. The molecule has 1 aromatic carbocycles. The molecule has 1 atom stereocenters. The molecule has 0 bridgehead atoms. The Bertz CT molecular complexity index is 658. The van der Waals surface area contributed by atoms with Gasteiger partial charge in [0.05, 0.1) is 26.7 Å². The molecule has 0 aromatic heterocycles. The normalized spacial score (nSPS) is 20.8. The van der Waals surface area contributed by atoms with Crippen LogP contribution in [0.4, 0.5) is 0 Å². The van der Waals surface area contributed by atoms with Crippen LogP contribution in [0.2, 0.25) is 0 Å². The van der Waals surface area contributed by atoms with Gasteiger partial charge >= 0.3 is 0 Å². The zero-order valence-corrected chi connectivity index (χ0v) is 15.5. The number of carbonyl (C=O) groups is 2. The standard InChI is InChI=1S/C19H27N3O4/c1-25-15-6-5-14(17(11-15)26-2)13-22-10-7-20-19(24)16(22)12-18(23)21-8-3-4-9-21/h5-6,11,16H,3-4,7-10,12-13H2,1-2H3,(H,20,24)/t16-/m0/s1. The second kappa shape index (κ2) is 8.40. The molecule has 3 rings (SSSR count). The summed E-state index contributed by atoms with van der Waals surface area (Å²) in [4.78, 5) is 28.9. The molecule has 2 heterocycles. The van der Waals surface area contributed by atoms with E-state index in [1.54, 1.807) is 14.2 Å². The predicted molar refractivity (Wildman–Crippen MR) is 97.2 cm³/mol. The third-order valence-corrected chi connectivity index (χ3v) is 5.14. The van der Waals surface area contributed by atoms with Gasteiger partial charge in [-0.05, 0) is 18.9 Å². The smallest absolute Gasteiger partial charge is 0.237 e. The Labute approximate surface area is 154 Å². The van der Waals surface area contributed by atoms with Crippen LogP contribution in [0.5, 0.6) is 11.5 Å². The van der Waals surface area contributed by atoms with Gasteiger partial charge in [0.15, 0.2) is 0 Å². The largest absolute Gasteiger partial charge is 0.497 e. The first-order valence-corrected chi connectivity index (χ1v) is 9.13. The van der Waals surface area contributed by atoms with Gasteiger partial charge in [-0.2, -0.15) is 0 Å². The number of nitrogens with one attached hydrogen (secondary N) is 1. The van der Waals surface area contributed by atoms with Crippen LogP contribution in [0.15, 0.2) is 18.2 Å². The van der Waals surface area contributed by atoms with Crippen LogP contribution >= 0.6 is 0 Å². The second-order valence-electron chi connectivity index (χ2n) is 6.75. The van der Waals surface area contributed by atoms with Crippen LogP contribution in [-0.4, -0.2) is 68.1 Å².